The van der Waals surface area contributed by atoms with Crippen LogP contribution in [0.2, 0.25) is 15.1 Å². The Balaban J connectivity index is 1.87. The van der Waals surface area contributed by atoms with E-state index in [2.05, 4.69) is 10.7 Å². The zero-order valence-electron chi connectivity index (χ0n) is 12.0. The zero-order valence-corrected chi connectivity index (χ0v) is 15.1. The van der Waals surface area contributed by atoms with Gasteiger partial charge in [0.2, 0.25) is 5.91 Å². The van der Waals surface area contributed by atoms with Gasteiger partial charge in [-0.05, 0) is 36.4 Å². The van der Waals surface area contributed by atoms with Crippen molar-refractivity contribution in [3.63, 3.8) is 0 Å². The fourth-order valence-corrected chi connectivity index (χ4v) is 3.73. The van der Waals surface area contributed by atoms with Gasteiger partial charge in [-0.1, -0.05) is 46.6 Å². The van der Waals surface area contributed by atoms with Gasteiger partial charge in [0, 0.05) is 14.8 Å². The topological polar surface area (TPSA) is 61.4 Å². The molecule has 1 aliphatic heterocycles. The fraction of sp³-hybridized carbons (Fsp3) is 0.0667. The first-order valence-electron chi connectivity index (χ1n) is 6.73. The van der Waals surface area contributed by atoms with Crippen LogP contribution in [-0.2, 0) is 4.79 Å². The molecule has 5 nitrogen and oxygen atoms in total. The summed E-state index contributed by atoms with van der Waals surface area (Å²) >= 11 is 19.9. The molecule has 24 heavy (non-hydrogen) atoms. The molecule has 3 amide bonds. The molecule has 0 unspecified atom stereocenters. The fourth-order valence-electron chi connectivity index (χ4n) is 2.08. The lowest BCUT2D eigenvalue weighted by Crippen LogP contribution is -2.59. The van der Waals surface area contributed by atoms with Crippen LogP contribution in [0.5, 0.6) is 0 Å². The molecule has 0 aromatic heterocycles. The third kappa shape index (κ3) is 3.89. The molecule has 2 aromatic carbocycles. The number of benzene rings is 2. The number of imide groups is 1. The first-order chi connectivity index (χ1) is 11.4. The number of nitrogens with one attached hydrogen (secondary N) is 2. The molecule has 2 aromatic rings. The standard InChI is InChI=1S/C15H10Cl3N3O2S/c16-8-1-3-10(4-2-8)24-14-11(17)5-9(6-12(14)18)21-7-13(22)19-15(23)20-21/h1-6H,7H2,(H2,19,20,22,23). The number of urea groups is 1. The molecule has 0 spiro atoms. The van der Waals surface area contributed by atoms with Crippen LogP contribution in [-0.4, -0.2) is 18.5 Å². The van der Waals surface area contributed by atoms with Crippen molar-refractivity contribution in [2.24, 2.45) is 0 Å². The van der Waals surface area contributed by atoms with Crippen molar-refractivity contribution in [2.75, 3.05) is 11.6 Å². The van der Waals surface area contributed by atoms with Crippen LogP contribution < -0.4 is 15.8 Å². The molecule has 124 valence electrons. The van der Waals surface area contributed by atoms with E-state index >= 15 is 0 Å². The Morgan fingerprint density at radius 2 is 1.62 bits per heavy atom. The number of anilines is 1. The van der Waals surface area contributed by atoms with Crippen LogP contribution in [0.3, 0.4) is 0 Å². The van der Waals surface area contributed by atoms with Gasteiger partial charge in [0.1, 0.15) is 6.54 Å². The Morgan fingerprint density at radius 1 is 1.00 bits per heavy atom. The summed E-state index contributed by atoms with van der Waals surface area (Å²) < 4.78 is 0. The van der Waals surface area contributed by atoms with Crippen LogP contribution in [0.4, 0.5) is 10.5 Å². The number of hydrogen-bond acceptors (Lipinski definition) is 4. The van der Waals surface area contributed by atoms with Crippen molar-refractivity contribution >= 4 is 64.2 Å². The van der Waals surface area contributed by atoms with Crippen LogP contribution in [0.1, 0.15) is 0 Å². The number of carbonyl (C=O) groups excluding carboxylic acids is 2. The van der Waals surface area contributed by atoms with Crippen molar-refractivity contribution in [3.8, 4) is 0 Å². The van der Waals surface area contributed by atoms with Gasteiger partial charge in [0.05, 0.1) is 15.7 Å². The minimum absolute atomic E-state index is 0.0257. The van der Waals surface area contributed by atoms with Crippen molar-refractivity contribution in [3.05, 3.63) is 51.5 Å². The molecule has 3 rings (SSSR count). The molecule has 0 bridgehead atoms. The Hall–Kier alpha value is -1.60. The highest BCUT2D eigenvalue weighted by molar-refractivity contribution is 7.99. The monoisotopic (exact) mass is 401 g/mol. The second-order valence-electron chi connectivity index (χ2n) is 4.87. The second kappa shape index (κ2) is 7.11. The molecular weight excluding hydrogens is 393 g/mol. The maximum absolute atomic E-state index is 11.5. The molecule has 0 saturated carbocycles. The Bertz CT molecular complexity index is 775. The molecular formula is C15H10Cl3N3O2S. The lowest BCUT2D eigenvalue weighted by Gasteiger charge is -2.29. The molecule has 2 N–H and O–H groups in total. The Labute approximate surface area is 157 Å². The van der Waals surface area contributed by atoms with Gasteiger partial charge in [0.15, 0.2) is 0 Å². The smallest absolute Gasteiger partial charge is 0.275 e. The number of rotatable bonds is 3. The average molecular weight is 403 g/mol. The minimum atomic E-state index is -0.599. The third-order valence-corrected chi connectivity index (χ3v) is 5.34. The van der Waals surface area contributed by atoms with Crippen molar-refractivity contribution in [1.29, 1.82) is 0 Å². The summed E-state index contributed by atoms with van der Waals surface area (Å²) in [7, 11) is 0. The van der Waals surface area contributed by atoms with E-state index in [0.29, 0.717) is 25.7 Å². The summed E-state index contributed by atoms with van der Waals surface area (Å²) in [6, 6.07) is 9.97. The number of hydrogen-bond donors (Lipinski definition) is 2. The summed E-state index contributed by atoms with van der Waals surface area (Å²) in [5.41, 5.74) is 3.04. The van der Waals surface area contributed by atoms with Gasteiger partial charge in [0.25, 0.3) is 0 Å². The van der Waals surface area contributed by atoms with Crippen molar-refractivity contribution in [1.82, 2.24) is 10.7 Å². The molecule has 0 atom stereocenters. The van der Waals surface area contributed by atoms with Gasteiger partial charge in [-0.2, -0.15) is 0 Å². The molecule has 1 saturated heterocycles. The summed E-state index contributed by atoms with van der Waals surface area (Å²) in [5, 5.41) is 5.00. The Morgan fingerprint density at radius 3 is 2.21 bits per heavy atom. The third-order valence-electron chi connectivity index (χ3n) is 3.12. The van der Waals surface area contributed by atoms with E-state index in [1.54, 1.807) is 24.3 Å². The van der Waals surface area contributed by atoms with Crippen LogP contribution in [0.15, 0.2) is 46.2 Å². The highest BCUT2D eigenvalue weighted by Crippen LogP contribution is 2.41. The van der Waals surface area contributed by atoms with Gasteiger partial charge >= 0.3 is 6.03 Å². The number of carbonyl (C=O) groups is 2. The van der Waals surface area contributed by atoms with E-state index in [0.717, 1.165) is 4.90 Å². The van der Waals surface area contributed by atoms with Gasteiger partial charge in [-0.3, -0.25) is 15.1 Å². The maximum Gasteiger partial charge on any atom is 0.340 e. The average Bonchev–Trinajstić information content (AvgIpc) is 2.51. The van der Waals surface area contributed by atoms with E-state index in [-0.39, 0.29) is 6.54 Å². The molecule has 1 heterocycles. The maximum atomic E-state index is 11.5. The van der Waals surface area contributed by atoms with Gasteiger partial charge in [-0.15, -0.1) is 0 Å². The van der Waals surface area contributed by atoms with E-state index < -0.39 is 11.9 Å². The predicted octanol–water partition coefficient (Wildman–Crippen LogP) is 4.36. The first kappa shape index (κ1) is 17.2. The lowest BCUT2D eigenvalue weighted by atomic mass is 10.3. The molecule has 1 fully saturated rings. The molecule has 1 aliphatic rings. The van der Waals surface area contributed by atoms with Crippen LogP contribution in [0, 0.1) is 0 Å². The molecule has 9 heteroatoms. The van der Waals surface area contributed by atoms with Crippen LogP contribution in [0.25, 0.3) is 0 Å². The van der Waals surface area contributed by atoms with Crippen LogP contribution >= 0.6 is 46.6 Å². The van der Waals surface area contributed by atoms with Gasteiger partial charge in [-0.25, -0.2) is 10.2 Å². The lowest BCUT2D eigenvalue weighted by molar-refractivity contribution is -0.119. The number of hydrazine groups is 1. The quantitative estimate of drug-likeness (QED) is 0.801. The number of nitrogens with zero attached hydrogens (tertiary/aromatic N) is 1. The van der Waals surface area contributed by atoms with E-state index in [1.807, 2.05) is 12.1 Å². The first-order valence-corrected chi connectivity index (χ1v) is 8.68. The van der Waals surface area contributed by atoms with Crippen molar-refractivity contribution in [2.45, 2.75) is 9.79 Å². The van der Waals surface area contributed by atoms with E-state index in [4.69, 9.17) is 34.8 Å². The van der Waals surface area contributed by atoms with E-state index in [1.165, 1.54) is 16.8 Å². The molecule has 0 aliphatic carbocycles. The summed E-state index contributed by atoms with van der Waals surface area (Å²) in [4.78, 5) is 24.5. The minimum Gasteiger partial charge on any atom is -0.275 e. The SMILES string of the molecule is O=C1CN(c2cc(Cl)c(Sc3ccc(Cl)cc3)c(Cl)c2)NC(=O)N1. The summed E-state index contributed by atoms with van der Waals surface area (Å²) in [6.07, 6.45) is 0. The van der Waals surface area contributed by atoms with Crippen molar-refractivity contribution < 1.29 is 9.59 Å². The number of halogens is 3. The number of amides is 3. The summed E-state index contributed by atoms with van der Waals surface area (Å²) in [6.45, 7) is -0.0257. The molecule has 0 radical (unpaired) electrons. The van der Waals surface area contributed by atoms with Gasteiger partial charge < -0.3 is 0 Å². The normalized spacial score (nSPS) is 14.4. The predicted molar refractivity (Wildman–Crippen MR) is 96.1 cm³/mol. The highest BCUT2D eigenvalue weighted by atomic mass is 35.5. The Kier molecular flexibility index (Phi) is 5.10. The second-order valence-corrected chi connectivity index (χ2v) is 7.20. The highest BCUT2D eigenvalue weighted by Gasteiger charge is 2.23. The van der Waals surface area contributed by atoms with E-state index in [9.17, 15) is 9.59 Å². The summed E-state index contributed by atoms with van der Waals surface area (Å²) in [5.74, 6) is -0.411. The zero-order chi connectivity index (χ0) is 17.3. The largest absolute Gasteiger partial charge is 0.340 e.